The Labute approximate surface area is 224 Å². The van der Waals surface area contributed by atoms with E-state index in [-0.39, 0.29) is 30.1 Å². The topological polar surface area (TPSA) is 105 Å². The number of fused-ring (bicyclic) bond motifs is 1. The Morgan fingerprint density at radius 3 is 2.47 bits per heavy atom. The fourth-order valence-electron chi connectivity index (χ4n) is 5.26. The molecule has 3 unspecified atom stereocenters. The van der Waals surface area contributed by atoms with Gasteiger partial charge in [-0.3, -0.25) is 14.4 Å². The van der Waals surface area contributed by atoms with Gasteiger partial charge in [0.15, 0.2) is 5.78 Å². The van der Waals surface area contributed by atoms with Crippen LogP contribution in [0.1, 0.15) is 76.6 Å². The molecular formula is C29H39N3O6. The summed E-state index contributed by atoms with van der Waals surface area (Å²) in [6.07, 6.45) is 5.63. The molecule has 1 aromatic carbocycles. The standard InChI is InChI=1S/C29H39N3O6/c1-19(33)21-10-12-22(13-11-21)30-26(34)16-24-27(35)32(15-14-20-8-6-5-7-9-20)23-17-31(18-25(23)37-24)28(36)38-29(2,3)4/h8,10-13,23-25H,5-7,9,14-18H2,1-4H3,(H,30,34). The first-order chi connectivity index (χ1) is 18.0. The molecule has 0 aromatic heterocycles. The predicted octanol–water partition coefficient (Wildman–Crippen LogP) is 4.32. The van der Waals surface area contributed by atoms with Gasteiger partial charge in [0.05, 0.1) is 25.1 Å². The molecule has 9 nitrogen and oxygen atoms in total. The van der Waals surface area contributed by atoms with Crippen LogP contribution in [0.25, 0.3) is 0 Å². The van der Waals surface area contributed by atoms with Gasteiger partial charge >= 0.3 is 6.09 Å². The monoisotopic (exact) mass is 525 g/mol. The minimum absolute atomic E-state index is 0.0558. The van der Waals surface area contributed by atoms with Crippen LogP contribution in [-0.2, 0) is 19.1 Å². The number of morpholine rings is 1. The number of rotatable bonds is 7. The van der Waals surface area contributed by atoms with Gasteiger partial charge in [0.1, 0.15) is 11.7 Å². The Hall–Kier alpha value is -3.20. The molecular weight excluding hydrogens is 486 g/mol. The van der Waals surface area contributed by atoms with E-state index in [1.165, 1.54) is 18.9 Å². The highest BCUT2D eigenvalue weighted by Crippen LogP contribution is 2.30. The lowest BCUT2D eigenvalue weighted by molar-refractivity contribution is -0.168. The second-order valence-corrected chi connectivity index (χ2v) is 11.4. The zero-order valence-corrected chi connectivity index (χ0v) is 22.8. The Morgan fingerprint density at radius 1 is 1.11 bits per heavy atom. The maximum absolute atomic E-state index is 13.6. The second-order valence-electron chi connectivity index (χ2n) is 11.4. The van der Waals surface area contributed by atoms with Crippen molar-refractivity contribution in [3.05, 3.63) is 41.5 Å². The number of nitrogens with one attached hydrogen (secondary N) is 1. The first-order valence-electron chi connectivity index (χ1n) is 13.5. The average molecular weight is 526 g/mol. The number of ketones is 1. The summed E-state index contributed by atoms with van der Waals surface area (Å²) in [5.41, 5.74) is 1.83. The molecule has 1 N–H and O–H groups in total. The van der Waals surface area contributed by atoms with E-state index in [0.717, 1.165) is 25.7 Å². The lowest BCUT2D eigenvalue weighted by Crippen LogP contribution is -2.58. The zero-order chi connectivity index (χ0) is 27.4. The van der Waals surface area contributed by atoms with Gasteiger partial charge in [0.2, 0.25) is 5.91 Å². The minimum Gasteiger partial charge on any atom is -0.444 e. The van der Waals surface area contributed by atoms with Gasteiger partial charge in [-0.15, -0.1) is 0 Å². The van der Waals surface area contributed by atoms with Crippen molar-refractivity contribution < 1.29 is 28.7 Å². The molecule has 9 heteroatoms. The molecule has 0 saturated carbocycles. The molecule has 2 heterocycles. The van der Waals surface area contributed by atoms with Crippen molar-refractivity contribution in [1.29, 1.82) is 0 Å². The zero-order valence-electron chi connectivity index (χ0n) is 22.8. The van der Waals surface area contributed by atoms with Crippen molar-refractivity contribution in [2.75, 3.05) is 25.0 Å². The van der Waals surface area contributed by atoms with E-state index in [1.807, 2.05) is 25.7 Å². The molecule has 3 aliphatic rings. The molecule has 1 aliphatic carbocycles. The fourth-order valence-corrected chi connectivity index (χ4v) is 5.26. The number of likely N-dealkylation sites (tertiary alicyclic amines) is 1. The smallest absolute Gasteiger partial charge is 0.410 e. The molecule has 0 bridgehead atoms. The quantitative estimate of drug-likeness (QED) is 0.420. The summed E-state index contributed by atoms with van der Waals surface area (Å²) < 4.78 is 11.7. The Bertz CT molecular complexity index is 1090. The van der Waals surface area contributed by atoms with E-state index in [4.69, 9.17) is 9.47 Å². The number of carbonyl (C=O) groups excluding carboxylic acids is 4. The van der Waals surface area contributed by atoms with Crippen LogP contribution >= 0.6 is 0 Å². The van der Waals surface area contributed by atoms with E-state index in [0.29, 0.717) is 30.9 Å². The highest BCUT2D eigenvalue weighted by atomic mass is 16.6. The molecule has 3 amide bonds. The van der Waals surface area contributed by atoms with Crippen molar-refractivity contribution in [2.24, 2.45) is 0 Å². The molecule has 38 heavy (non-hydrogen) atoms. The van der Waals surface area contributed by atoms with E-state index >= 15 is 0 Å². The third kappa shape index (κ3) is 7.01. The summed E-state index contributed by atoms with van der Waals surface area (Å²) in [7, 11) is 0. The summed E-state index contributed by atoms with van der Waals surface area (Å²) in [6, 6.07) is 6.34. The minimum atomic E-state index is -0.938. The summed E-state index contributed by atoms with van der Waals surface area (Å²) in [4.78, 5) is 54.1. The number of amides is 3. The Morgan fingerprint density at radius 2 is 1.84 bits per heavy atom. The van der Waals surface area contributed by atoms with Crippen LogP contribution in [0.4, 0.5) is 10.5 Å². The van der Waals surface area contributed by atoms with Crippen LogP contribution in [0, 0.1) is 0 Å². The fraction of sp³-hybridized carbons (Fsp3) is 0.586. The Kier molecular flexibility index (Phi) is 8.55. The summed E-state index contributed by atoms with van der Waals surface area (Å²) in [6.45, 7) is 8.11. The van der Waals surface area contributed by atoms with Gasteiger partial charge in [-0.25, -0.2) is 4.79 Å². The second kappa shape index (κ2) is 11.7. The molecule has 206 valence electrons. The number of Topliss-reactive ketones (excluding diaryl/α,β-unsaturated/α-hetero) is 1. The van der Waals surface area contributed by atoms with E-state index in [2.05, 4.69) is 11.4 Å². The third-order valence-corrected chi connectivity index (χ3v) is 7.19. The van der Waals surface area contributed by atoms with Crippen molar-refractivity contribution in [2.45, 2.75) is 90.1 Å². The van der Waals surface area contributed by atoms with Crippen molar-refractivity contribution >= 4 is 29.4 Å². The van der Waals surface area contributed by atoms with Gasteiger partial charge < -0.3 is 24.6 Å². The van der Waals surface area contributed by atoms with E-state index in [1.54, 1.807) is 29.2 Å². The first-order valence-corrected chi connectivity index (χ1v) is 13.5. The number of hydrogen-bond donors (Lipinski definition) is 1. The van der Waals surface area contributed by atoms with Gasteiger partial charge in [-0.1, -0.05) is 11.6 Å². The number of benzene rings is 1. The largest absolute Gasteiger partial charge is 0.444 e. The molecule has 1 aromatic rings. The molecule has 0 radical (unpaired) electrons. The summed E-state index contributed by atoms with van der Waals surface area (Å²) in [5, 5.41) is 2.79. The number of ether oxygens (including phenoxy) is 2. The summed E-state index contributed by atoms with van der Waals surface area (Å²) >= 11 is 0. The first kappa shape index (κ1) is 27.8. The average Bonchev–Trinajstić information content (AvgIpc) is 3.28. The summed E-state index contributed by atoms with van der Waals surface area (Å²) in [5.74, 6) is -0.634. The number of carbonyl (C=O) groups is 4. The van der Waals surface area contributed by atoms with Gasteiger partial charge in [0, 0.05) is 24.3 Å². The lowest BCUT2D eigenvalue weighted by atomic mass is 9.96. The number of anilines is 1. The lowest BCUT2D eigenvalue weighted by Gasteiger charge is -2.40. The van der Waals surface area contributed by atoms with Crippen LogP contribution in [0.5, 0.6) is 0 Å². The van der Waals surface area contributed by atoms with E-state index in [9.17, 15) is 19.2 Å². The molecule has 2 saturated heterocycles. The highest BCUT2D eigenvalue weighted by Gasteiger charge is 2.49. The Balaban J connectivity index is 1.45. The van der Waals surface area contributed by atoms with Crippen LogP contribution in [-0.4, -0.2) is 77.0 Å². The van der Waals surface area contributed by atoms with Crippen LogP contribution in [0.3, 0.4) is 0 Å². The molecule has 2 fully saturated rings. The van der Waals surface area contributed by atoms with Crippen LogP contribution < -0.4 is 5.32 Å². The number of nitrogens with zero attached hydrogens (tertiary/aromatic N) is 2. The normalized spacial score (nSPS) is 23.5. The SMILES string of the molecule is CC(=O)c1ccc(NC(=O)CC2OC3CN(C(=O)OC(C)(C)C)CC3N(CCC3=CCCCC3)C2=O)cc1. The van der Waals surface area contributed by atoms with Gasteiger partial charge in [0.25, 0.3) is 5.91 Å². The maximum Gasteiger partial charge on any atom is 0.410 e. The predicted molar refractivity (Wildman–Crippen MR) is 143 cm³/mol. The van der Waals surface area contributed by atoms with Crippen LogP contribution in [0.2, 0.25) is 0 Å². The van der Waals surface area contributed by atoms with E-state index < -0.39 is 23.9 Å². The van der Waals surface area contributed by atoms with Gasteiger partial charge in [-0.2, -0.15) is 0 Å². The van der Waals surface area contributed by atoms with Crippen molar-refractivity contribution in [3.8, 4) is 0 Å². The molecule has 2 aliphatic heterocycles. The third-order valence-electron chi connectivity index (χ3n) is 7.19. The number of allylic oxidation sites excluding steroid dienone is 1. The molecule has 4 rings (SSSR count). The maximum atomic E-state index is 13.6. The number of hydrogen-bond acceptors (Lipinski definition) is 6. The van der Waals surface area contributed by atoms with Crippen LogP contribution in [0.15, 0.2) is 35.9 Å². The van der Waals surface area contributed by atoms with Crippen molar-refractivity contribution in [1.82, 2.24) is 9.80 Å². The molecule has 0 spiro atoms. The highest BCUT2D eigenvalue weighted by molar-refractivity contribution is 5.97. The van der Waals surface area contributed by atoms with Crippen molar-refractivity contribution in [3.63, 3.8) is 0 Å². The van der Waals surface area contributed by atoms with Gasteiger partial charge in [-0.05, 0) is 84.1 Å². The molecule has 3 atom stereocenters.